The molecule has 1 aromatic rings. The summed E-state index contributed by atoms with van der Waals surface area (Å²) in [6, 6.07) is 11.3. The molecule has 0 atom stereocenters. The number of benzene rings is 1. The van der Waals surface area contributed by atoms with E-state index in [9.17, 15) is 0 Å². The first-order chi connectivity index (χ1) is 6.86. The third kappa shape index (κ3) is 5.75. The van der Waals surface area contributed by atoms with E-state index >= 15 is 0 Å². The molecule has 3 heteroatoms. The Hall–Kier alpha value is 0.0934. The number of rotatable bonds is 4. The molecule has 0 radical (unpaired) electrons. The fourth-order valence-electron chi connectivity index (χ4n) is 1.23. The van der Waals surface area contributed by atoms with Crippen LogP contribution in [0.2, 0.25) is 0 Å². The van der Waals surface area contributed by atoms with Crippen LogP contribution in [0.25, 0.3) is 0 Å². The number of nitrogens with zero attached hydrogens (tertiary/aromatic N) is 1. The number of halogens is 1. The van der Waals surface area contributed by atoms with Gasteiger partial charge in [-0.2, -0.15) is 30.3 Å². The summed E-state index contributed by atoms with van der Waals surface area (Å²) in [5.74, 6) is 0. The van der Waals surface area contributed by atoms with Crippen LogP contribution in [-0.2, 0) is 23.9 Å². The van der Waals surface area contributed by atoms with Gasteiger partial charge in [-0.3, -0.25) is 0 Å². The van der Waals surface area contributed by atoms with Crippen LogP contribution < -0.4 is 0 Å². The molecule has 0 saturated carbocycles. The van der Waals surface area contributed by atoms with Crippen molar-refractivity contribution in [2.45, 2.75) is 20.4 Å². The molecule has 0 saturated heterocycles. The summed E-state index contributed by atoms with van der Waals surface area (Å²) in [6.07, 6.45) is 0. The molecule has 1 aromatic carbocycles. The third-order valence-electron chi connectivity index (χ3n) is 2.07. The van der Waals surface area contributed by atoms with Crippen LogP contribution in [0.3, 0.4) is 0 Å². The minimum atomic E-state index is 0.847. The van der Waals surface area contributed by atoms with Crippen molar-refractivity contribution in [3.05, 3.63) is 35.9 Å². The predicted octanol–water partition coefficient (Wildman–Crippen LogP) is 3.02. The van der Waals surface area contributed by atoms with E-state index < -0.39 is 0 Å². The van der Waals surface area contributed by atoms with Crippen molar-refractivity contribution in [3.63, 3.8) is 0 Å². The Kier molecular flexibility index (Phi) is 9.71. The van der Waals surface area contributed by atoms with Crippen molar-refractivity contribution in [1.29, 1.82) is 0 Å². The monoisotopic (exact) mass is 261 g/mol. The molecule has 0 unspecified atom stereocenters. The van der Waals surface area contributed by atoms with Crippen molar-refractivity contribution in [2.75, 3.05) is 13.1 Å². The first-order valence-corrected chi connectivity index (χ1v) is 8.70. The van der Waals surface area contributed by atoms with E-state index in [1.165, 1.54) is 5.56 Å². The van der Waals surface area contributed by atoms with Gasteiger partial charge < -0.3 is 4.90 Å². The van der Waals surface area contributed by atoms with Gasteiger partial charge in [-0.1, -0.05) is 13.8 Å². The molecule has 74 valence electrons. The van der Waals surface area contributed by atoms with E-state index in [1.54, 1.807) is 0 Å². The number of hydrogen-bond acceptors (Lipinski definition) is 1. The summed E-state index contributed by atoms with van der Waals surface area (Å²) in [7, 11) is 4.76. The van der Waals surface area contributed by atoms with Gasteiger partial charge in [-0.25, -0.2) is 0 Å². The quantitative estimate of drug-likeness (QED) is 0.596. The van der Waals surface area contributed by atoms with Gasteiger partial charge in [0, 0.05) is 0 Å². The van der Waals surface area contributed by atoms with E-state index in [0.717, 1.165) is 36.9 Å². The second kappa shape index (κ2) is 9.64. The molecular weight excluding hydrogens is 247 g/mol. The Balaban J connectivity index is 0.000000791. The fourth-order valence-corrected chi connectivity index (χ4v) is 1.23. The fraction of sp³-hybridized carbons (Fsp3) is 0.455. The van der Waals surface area contributed by atoms with Crippen molar-refractivity contribution < 1.29 is 17.3 Å². The van der Waals surface area contributed by atoms with Gasteiger partial charge in [0.1, 0.15) is 0 Å². The zero-order chi connectivity index (χ0) is 10.8. The van der Waals surface area contributed by atoms with Crippen LogP contribution in [0.4, 0.5) is 0 Å². The summed E-state index contributed by atoms with van der Waals surface area (Å²) in [4.78, 5) is 2.39. The first kappa shape index (κ1) is 14.1. The molecule has 0 spiro atoms. The van der Waals surface area contributed by atoms with Crippen LogP contribution in [0, 0.1) is 6.07 Å². The van der Waals surface area contributed by atoms with Crippen LogP contribution in [-0.4, -0.2) is 18.0 Å². The molecule has 0 bridgehead atoms. The van der Waals surface area contributed by atoms with E-state index in [-0.39, 0.29) is 0 Å². The average molecular weight is 263 g/mol. The first-order valence-electron chi connectivity index (χ1n) is 4.81. The van der Waals surface area contributed by atoms with Gasteiger partial charge in [0.15, 0.2) is 0 Å². The maximum atomic E-state index is 4.76. The summed E-state index contributed by atoms with van der Waals surface area (Å²) < 4.78 is 0. The Morgan fingerprint density at radius 3 is 2.43 bits per heavy atom. The van der Waals surface area contributed by atoms with Gasteiger partial charge in [-0.05, 0) is 19.6 Å². The predicted molar refractivity (Wildman–Crippen MR) is 57.8 cm³/mol. The molecule has 0 amide bonds. The van der Waals surface area contributed by atoms with Crippen LogP contribution in [0.15, 0.2) is 24.3 Å². The molecular formula is C11H16ClNZn. The van der Waals surface area contributed by atoms with E-state index in [2.05, 4.69) is 36.9 Å². The van der Waals surface area contributed by atoms with E-state index in [1.807, 2.05) is 12.1 Å². The van der Waals surface area contributed by atoms with Crippen LogP contribution >= 0.6 is 9.69 Å². The van der Waals surface area contributed by atoms with E-state index in [4.69, 9.17) is 9.69 Å². The zero-order valence-corrected chi connectivity index (χ0v) is 12.7. The molecule has 0 N–H and O–H groups in total. The zero-order valence-electron chi connectivity index (χ0n) is 8.96. The van der Waals surface area contributed by atoms with Gasteiger partial charge in [0.05, 0.1) is 0 Å². The topological polar surface area (TPSA) is 3.24 Å². The molecule has 0 heterocycles. The Morgan fingerprint density at radius 1 is 1.36 bits per heavy atom. The molecule has 0 aromatic heterocycles. The molecule has 0 aliphatic carbocycles. The van der Waals surface area contributed by atoms with Gasteiger partial charge in [0.2, 0.25) is 0 Å². The van der Waals surface area contributed by atoms with Crippen molar-refractivity contribution in [2.24, 2.45) is 0 Å². The Morgan fingerprint density at radius 2 is 2.00 bits per heavy atom. The van der Waals surface area contributed by atoms with Gasteiger partial charge in [-0.15, -0.1) is 5.56 Å². The van der Waals surface area contributed by atoms with Crippen LogP contribution in [0.1, 0.15) is 19.4 Å². The molecule has 0 aliphatic rings. The van der Waals surface area contributed by atoms with Gasteiger partial charge >= 0.3 is 27.0 Å². The summed E-state index contributed by atoms with van der Waals surface area (Å²) in [6.45, 7) is 7.66. The molecule has 1 rings (SSSR count). The molecule has 1 nitrogen and oxygen atoms in total. The third-order valence-corrected chi connectivity index (χ3v) is 2.07. The normalized spacial score (nSPS) is 9.57. The van der Waals surface area contributed by atoms with Crippen LogP contribution in [0.5, 0.6) is 0 Å². The summed E-state index contributed by atoms with van der Waals surface area (Å²) in [5, 5.41) is 0. The molecule has 14 heavy (non-hydrogen) atoms. The Bertz CT molecular complexity index is 212. The molecule has 0 aliphatic heterocycles. The second-order valence-electron chi connectivity index (χ2n) is 2.87. The standard InChI is InChI=1S/C11H16N.ClH.Zn/c1-3-12(4-2)10-11-8-6-5-7-9-11;;/h5-6,8-9H,3-4,10H2,1-2H3;1H;/q-1;;+2/p-1. The minimum absolute atomic E-state index is 0.847. The summed E-state index contributed by atoms with van der Waals surface area (Å²) >= 11 is 0.847. The maximum absolute atomic E-state index is 4.76. The van der Waals surface area contributed by atoms with Gasteiger partial charge in [0.25, 0.3) is 0 Å². The van der Waals surface area contributed by atoms with Crippen molar-refractivity contribution in [3.8, 4) is 0 Å². The summed E-state index contributed by atoms with van der Waals surface area (Å²) in [5.41, 5.74) is 1.35. The Labute approximate surface area is 101 Å². The van der Waals surface area contributed by atoms with Crippen molar-refractivity contribution in [1.82, 2.24) is 4.90 Å². The van der Waals surface area contributed by atoms with Crippen molar-refractivity contribution >= 4 is 9.69 Å². The number of hydrogen-bond donors (Lipinski definition) is 0. The average Bonchev–Trinajstić information content (AvgIpc) is 2.30. The SMILES string of the molecule is CCN(CC)Cc1c[c-]ccc1.[Cl][Zn+]. The molecule has 0 fully saturated rings. The second-order valence-corrected chi connectivity index (χ2v) is 2.87. The van der Waals surface area contributed by atoms with E-state index in [0.29, 0.717) is 0 Å².